The minimum Gasteiger partial charge on any atom is -0.480 e. The van der Waals surface area contributed by atoms with Gasteiger partial charge in [-0.3, -0.25) is 14.4 Å². The quantitative estimate of drug-likeness (QED) is 0.792. The summed E-state index contributed by atoms with van der Waals surface area (Å²) >= 11 is 0. The molecule has 1 unspecified atom stereocenters. The predicted octanol–water partition coefficient (Wildman–Crippen LogP) is 0.565. The summed E-state index contributed by atoms with van der Waals surface area (Å²) in [7, 11) is 0. The number of carboxylic acids is 1. The van der Waals surface area contributed by atoms with Gasteiger partial charge in [0.15, 0.2) is 0 Å². The van der Waals surface area contributed by atoms with Crippen molar-refractivity contribution in [3.8, 4) is 0 Å². The first-order chi connectivity index (χ1) is 8.73. The van der Waals surface area contributed by atoms with Crippen molar-refractivity contribution in [2.75, 3.05) is 13.1 Å². The lowest BCUT2D eigenvalue weighted by Crippen LogP contribution is -2.44. The van der Waals surface area contributed by atoms with E-state index in [2.05, 4.69) is 0 Å². The largest absolute Gasteiger partial charge is 0.480 e. The lowest BCUT2D eigenvalue weighted by Gasteiger charge is -2.28. The lowest BCUT2D eigenvalue weighted by atomic mass is 10.1. The van der Waals surface area contributed by atoms with E-state index >= 15 is 0 Å². The Bertz CT molecular complexity index is 379. The van der Waals surface area contributed by atoms with Crippen molar-refractivity contribution in [1.82, 2.24) is 9.80 Å². The molecular formula is C13H22N2O4. The Kier molecular flexibility index (Phi) is 4.91. The van der Waals surface area contributed by atoms with Crippen molar-refractivity contribution in [3.05, 3.63) is 0 Å². The average molecular weight is 270 g/mol. The van der Waals surface area contributed by atoms with Gasteiger partial charge in [0.25, 0.3) is 0 Å². The van der Waals surface area contributed by atoms with Gasteiger partial charge in [-0.2, -0.15) is 0 Å². The van der Waals surface area contributed by atoms with E-state index in [4.69, 9.17) is 5.11 Å². The van der Waals surface area contributed by atoms with Crippen LogP contribution in [0.3, 0.4) is 0 Å². The zero-order valence-corrected chi connectivity index (χ0v) is 11.9. The molecule has 0 radical (unpaired) electrons. The molecule has 6 heteroatoms. The van der Waals surface area contributed by atoms with Crippen LogP contribution in [-0.2, 0) is 14.4 Å². The van der Waals surface area contributed by atoms with Crippen LogP contribution in [0.1, 0.15) is 34.1 Å². The molecule has 1 N–H and O–H groups in total. The smallest absolute Gasteiger partial charge is 0.323 e. The Morgan fingerprint density at radius 2 is 1.95 bits per heavy atom. The van der Waals surface area contributed by atoms with Gasteiger partial charge in [0.2, 0.25) is 11.8 Å². The first-order valence-corrected chi connectivity index (χ1v) is 6.55. The molecule has 0 aromatic heterocycles. The second-order valence-corrected chi connectivity index (χ2v) is 5.49. The fourth-order valence-corrected chi connectivity index (χ4v) is 2.29. The minimum atomic E-state index is -1.04. The van der Waals surface area contributed by atoms with Gasteiger partial charge in [0.05, 0.1) is 5.92 Å². The number of nitrogens with zero attached hydrogens (tertiary/aromatic N) is 2. The van der Waals surface area contributed by atoms with E-state index in [1.807, 2.05) is 13.8 Å². The maximum Gasteiger partial charge on any atom is 0.323 e. The average Bonchev–Trinajstić information content (AvgIpc) is 2.66. The lowest BCUT2D eigenvalue weighted by molar-refractivity contribution is -0.147. The van der Waals surface area contributed by atoms with Crippen LogP contribution in [0, 0.1) is 5.92 Å². The summed E-state index contributed by atoms with van der Waals surface area (Å²) in [6.07, 6.45) is 0.180. The number of amides is 2. The number of hydrogen-bond donors (Lipinski definition) is 1. The number of carbonyl (C=O) groups is 3. The van der Waals surface area contributed by atoms with E-state index in [-0.39, 0.29) is 36.9 Å². The number of rotatable bonds is 5. The van der Waals surface area contributed by atoms with Gasteiger partial charge < -0.3 is 14.9 Å². The van der Waals surface area contributed by atoms with Crippen molar-refractivity contribution in [2.24, 2.45) is 5.92 Å². The highest BCUT2D eigenvalue weighted by Gasteiger charge is 2.38. The first kappa shape index (κ1) is 15.5. The molecule has 0 aliphatic carbocycles. The summed E-state index contributed by atoms with van der Waals surface area (Å²) in [5.41, 5.74) is 0. The standard InChI is InChI=1S/C13H22N2O4/c1-8(2)14-6-10(5-11(14)16)13(19)15(9(3)4)7-12(17)18/h8-10H,5-7H2,1-4H3,(H,17,18). The molecule has 0 aromatic rings. The third-order valence-corrected chi connectivity index (χ3v) is 3.34. The number of carbonyl (C=O) groups excluding carboxylic acids is 2. The van der Waals surface area contributed by atoms with Crippen LogP contribution in [0.4, 0.5) is 0 Å². The maximum atomic E-state index is 12.3. The molecule has 0 aromatic carbocycles. The van der Waals surface area contributed by atoms with Crippen LogP contribution in [-0.4, -0.2) is 57.9 Å². The van der Waals surface area contributed by atoms with Crippen molar-refractivity contribution >= 4 is 17.8 Å². The molecule has 1 saturated heterocycles. The molecule has 2 amide bonds. The first-order valence-electron chi connectivity index (χ1n) is 6.55. The van der Waals surface area contributed by atoms with Crippen LogP contribution in [0.15, 0.2) is 0 Å². The highest BCUT2D eigenvalue weighted by Crippen LogP contribution is 2.22. The molecule has 1 rings (SSSR count). The second kappa shape index (κ2) is 6.04. The third kappa shape index (κ3) is 3.68. The summed E-state index contributed by atoms with van der Waals surface area (Å²) in [5.74, 6) is -1.73. The highest BCUT2D eigenvalue weighted by atomic mass is 16.4. The molecule has 6 nitrogen and oxygen atoms in total. The molecular weight excluding hydrogens is 248 g/mol. The third-order valence-electron chi connectivity index (χ3n) is 3.34. The fraction of sp³-hybridized carbons (Fsp3) is 0.769. The zero-order chi connectivity index (χ0) is 14.7. The Morgan fingerprint density at radius 1 is 1.37 bits per heavy atom. The zero-order valence-electron chi connectivity index (χ0n) is 11.9. The molecule has 19 heavy (non-hydrogen) atoms. The Balaban J connectivity index is 2.76. The molecule has 0 bridgehead atoms. The van der Waals surface area contributed by atoms with Crippen molar-refractivity contribution < 1.29 is 19.5 Å². The SMILES string of the molecule is CC(C)N1CC(C(=O)N(CC(=O)O)C(C)C)CC1=O. The topological polar surface area (TPSA) is 77.9 Å². The van der Waals surface area contributed by atoms with E-state index in [1.165, 1.54) is 4.90 Å². The monoisotopic (exact) mass is 270 g/mol. The Labute approximate surface area is 113 Å². The Hall–Kier alpha value is -1.59. The van der Waals surface area contributed by atoms with E-state index in [0.717, 1.165) is 0 Å². The van der Waals surface area contributed by atoms with Crippen molar-refractivity contribution in [2.45, 2.75) is 46.2 Å². The summed E-state index contributed by atoms with van der Waals surface area (Å²) in [4.78, 5) is 37.9. The highest BCUT2D eigenvalue weighted by molar-refractivity contribution is 5.90. The number of aliphatic carboxylic acids is 1. The molecule has 1 aliphatic rings. The van der Waals surface area contributed by atoms with Gasteiger partial charge >= 0.3 is 5.97 Å². The van der Waals surface area contributed by atoms with E-state index in [1.54, 1.807) is 18.7 Å². The van der Waals surface area contributed by atoms with E-state index in [0.29, 0.717) is 6.54 Å². The van der Waals surface area contributed by atoms with Gasteiger partial charge in [-0.25, -0.2) is 0 Å². The molecule has 1 aliphatic heterocycles. The van der Waals surface area contributed by atoms with Crippen LogP contribution < -0.4 is 0 Å². The predicted molar refractivity (Wildman–Crippen MR) is 69.4 cm³/mol. The van der Waals surface area contributed by atoms with E-state index < -0.39 is 11.9 Å². The fourth-order valence-electron chi connectivity index (χ4n) is 2.29. The van der Waals surface area contributed by atoms with Gasteiger partial charge in [-0.05, 0) is 27.7 Å². The van der Waals surface area contributed by atoms with Gasteiger partial charge in [0.1, 0.15) is 6.54 Å². The van der Waals surface area contributed by atoms with Crippen molar-refractivity contribution in [1.29, 1.82) is 0 Å². The summed E-state index contributed by atoms with van der Waals surface area (Å²) in [5, 5.41) is 8.85. The van der Waals surface area contributed by atoms with Crippen LogP contribution in [0.2, 0.25) is 0 Å². The summed E-state index contributed by atoms with van der Waals surface area (Å²) in [6.45, 7) is 7.43. The molecule has 0 saturated carbocycles. The molecule has 1 heterocycles. The minimum absolute atomic E-state index is 0.0348. The van der Waals surface area contributed by atoms with Gasteiger partial charge in [0, 0.05) is 25.0 Å². The number of likely N-dealkylation sites (tertiary alicyclic amines) is 1. The molecule has 108 valence electrons. The second-order valence-electron chi connectivity index (χ2n) is 5.49. The van der Waals surface area contributed by atoms with Gasteiger partial charge in [-0.15, -0.1) is 0 Å². The summed E-state index contributed by atoms with van der Waals surface area (Å²) < 4.78 is 0. The number of hydrogen-bond acceptors (Lipinski definition) is 3. The van der Waals surface area contributed by atoms with Crippen LogP contribution in [0.25, 0.3) is 0 Å². The molecule has 1 fully saturated rings. The van der Waals surface area contributed by atoms with E-state index in [9.17, 15) is 14.4 Å². The normalized spacial score (nSPS) is 19.4. The molecule has 0 spiro atoms. The Morgan fingerprint density at radius 3 is 2.32 bits per heavy atom. The summed E-state index contributed by atoms with van der Waals surface area (Å²) in [6, 6.07) is -0.121. The number of carboxylic acid groups (broad SMARTS) is 1. The van der Waals surface area contributed by atoms with Crippen molar-refractivity contribution in [3.63, 3.8) is 0 Å². The van der Waals surface area contributed by atoms with Gasteiger partial charge in [-0.1, -0.05) is 0 Å². The maximum absolute atomic E-state index is 12.3. The molecule has 1 atom stereocenters. The van der Waals surface area contributed by atoms with Crippen LogP contribution in [0.5, 0.6) is 0 Å². The van der Waals surface area contributed by atoms with Crippen LogP contribution >= 0.6 is 0 Å².